The van der Waals surface area contributed by atoms with Crippen LogP contribution in [0.1, 0.15) is 47.0 Å². The lowest BCUT2D eigenvalue weighted by molar-refractivity contribution is -0.126. The molecule has 0 aromatic rings. The van der Waals surface area contributed by atoms with E-state index in [9.17, 15) is 4.79 Å². The van der Waals surface area contributed by atoms with Gasteiger partial charge in [-0.05, 0) is 25.7 Å². The molecule has 1 amide bonds. The Balaban J connectivity index is 3.90. The quantitative estimate of drug-likeness (QED) is 0.682. The summed E-state index contributed by atoms with van der Waals surface area (Å²) in [5.74, 6) is 0.636. The van der Waals surface area contributed by atoms with Crippen molar-refractivity contribution in [2.24, 2.45) is 11.8 Å². The van der Waals surface area contributed by atoms with Crippen molar-refractivity contribution in [3.05, 3.63) is 0 Å². The maximum Gasteiger partial charge on any atom is 0.223 e. The van der Waals surface area contributed by atoms with E-state index < -0.39 is 0 Å². The summed E-state index contributed by atoms with van der Waals surface area (Å²) in [7, 11) is 0. The molecule has 0 fully saturated rings. The van der Waals surface area contributed by atoms with Gasteiger partial charge in [-0.3, -0.25) is 4.79 Å². The van der Waals surface area contributed by atoms with Crippen LogP contribution in [0.3, 0.4) is 0 Å². The van der Waals surface area contributed by atoms with Gasteiger partial charge in [0.25, 0.3) is 0 Å². The van der Waals surface area contributed by atoms with Crippen LogP contribution in [0.4, 0.5) is 0 Å². The molecule has 3 nitrogen and oxygen atoms in total. The molecule has 0 saturated carbocycles. The van der Waals surface area contributed by atoms with Gasteiger partial charge in [-0.1, -0.05) is 27.2 Å². The van der Waals surface area contributed by atoms with Crippen LogP contribution >= 0.6 is 0 Å². The second kappa shape index (κ2) is 7.69. The lowest BCUT2D eigenvalue weighted by atomic mass is 9.92. The molecular formula is C12H25NO2. The summed E-state index contributed by atoms with van der Waals surface area (Å²) < 4.78 is 0. The summed E-state index contributed by atoms with van der Waals surface area (Å²) in [6, 6.07) is 0.163. The van der Waals surface area contributed by atoms with Gasteiger partial charge in [0.15, 0.2) is 0 Å². The standard InChI is InChI=1S/C12H25NO2/c1-5-9(2)11(4)12(15)13-10(3)7-6-8-14/h9-11,14H,5-8H2,1-4H3,(H,13,15). The average molecular weight is 215 g/mol. The molecule has 3 atom stereocenters. The molecule has 0 aliphatic rings. The highest BCUT2D eigenvalue weighted by molar-refractivity contribution is 5.78. The van der Waals surface area contributed by atoms with Gasteiger partial charge >= 0.3 is 0 Å². The van der Waals surface area contributed by atoms with E-state index in [1.54, 1.807) is 0 Å². The zero-order chi connectivity index (χ0) is 11.8. The van der Waals surface area contributed by atoms with Gasteiger partial charge < -0.3 is 10.4 Å². The SMILES string of the molecule is CCC(C)C(C)C(=O)NC(C)CCCO. The first-order valence-electron chi connectivity index (χ1n) is 5.94. The van der Waals surface area contributed by atoms with Crippen LogP contribution in [0.5, 0.6) is 0 Å². The van der Waals surface area contributed by atoms with E-state index >= 15 is 0 Å². The normalized spacial score (nSPS) is 16.9. The van der Waals surface area contributed by atoms with Gasteiger partial charge in [0, 0.05) is 18.6 Å². The van der Waals surface area contributed by atoms with Crippen LogP contribution in [0.15, 0.2) is 0 Å². The third-order valence-electron chi connectivity index (χ3n) is 3.09. The molecule has 0 aliphatic heterocycles. The minimum absolute atomic E-state index is 0.0755. The number of amides is 1. The van der Waals surface area contributed by atoms with E-state index in [1.165, 1.54) is 0 Å². The molecule has 0 aromatic heterocycles. The van der Waals surface area contributed by atoms with Crippen molar-refractivity contribution in [2.75, 3.05) is 6.61 Å². The average Bonchev–Trinajstić information content (AvgIpc) is 2.23. The molecule has 90 valence electrons. The molecule has 0 bridgehead atoms. The maximum atomic E-state index is 11.7. The van der Waals surface area contributed by atoms with Gasteiger partial charge in [0.1, 0.15) is 0 Å². The molecule has 0 aliphatic carbocycles. The molecule has 15 heavy (non-hydrogen) atoms. The topological polar surface area (TPSA) is 49.3 Å². The Bertz CT molecular complexity index is 182. The molecule has 0 spiro atoms. The fraction of sp³-hybridized carbons (Fsp3) is 0.917. The smallest absolute Gasteiger partial charge is 0.223 e. The highest BCUT2D eigenvalue weighted by Crippen LogP contribution is 2.14. The van der Waals surface area contributed by atoms with Crippen LogP contribution in [-0.4, -0.2) is 23.7 Å². The molecule has 3 heteroatoms. The lowest BCUT2D eigenvalue weighted by Gasteiger charge is -2.21. The van der Waals surface area contributed by atoms with E-state index in [0.717, 1.165) is 19.3 Å². The molecule has 2 N–H and O–H groups in total. The number of rotatable bonds is 7. The van der Waals surface area contributed by atoms with Crippen LogP contribution < -0.4 is 5.32 Å². The van der Waals surface area contributed by atoms with Gasteiger partial charge in [-0.15, -0.1) is 0 Å². The first-order valence-corrected chi connectivity index (χ1v) is 5.94. The molecule has 0 rings (SSSR count). The Kier molecular flexibility index (Phi) is 7.39. The van der Waals surface area contributed by atoms with Crippen molar-refractivity contribution in [1.29, 1.82) is 0 Å². The largest absolute Gasteiger partial charge is 0.396 e. The highest BCUT2D eigenvalue weighted by atomic mass is 16.2. The number of nitrogens with one attached hydrogen (secondary N) is 1. The van der Waals surface area contributed by atoms with Crippen molar-refractivity contribution < 1.29 is 9.90 Å². The fourth-order valence-corrected chi connectivity index (χ4v) is 1.46. The lowest BCUT2D eigenvalue weighted by Crippen LogP contribution is -2.38. The monoisotopic (exact) mass is 215 g/mol. The third-order valence-corrected chi connectivity index (χ3v) is 3.09. The summed E-state index contributed by atoms with van der Waals surface area (Å²) in [5.41, 5.74) is 0. The maximum absolute atomic E-state index is 11.7. The minimum Gasteiger partial charge on any atom is -0.396 e. The Labute approximate surface area is 93.3 Å². The van der Waals surface area contributed by atoms with Gasteiger partial charge in [0.2, 0.25) is 5.91 Å². The zero-order valence-corrected chi connectivity index (χ0v) is 10.4. The molecule has 0 aromatic carbocycles. The highest BCUT2D eigenvalue weighted by Gasteiger charge is 2.19. The van der Waals surface area contributed by atoms with Crippen LogP contribution in [0.25, 0.3) is 0 Å². The second-order valence-electron chi connectivity index (χ2n) is 4.45. The molecule has 0 radical (unpaired) electrons. The van der Waals surface area contributed by atoms with Crippen LogP contribution in [0.2, 0.25) is 0 Å². The Morgan fingerprint density at radius 2 is 1.93 bits per heavy atom. The molecular weight excluding hydrogens is 190 g/mol. The van der Waals surface area contributed by atoms with Crippen molar-refractivity contribution in [3.63, 3.8) is 0 Å². The Morgan fingerprint density at radius 1 is 1.33 bits per heavy atom. The molecule has 3 unspecified atom stereocenters. The van der Waals surface area contributed by atoms with Crippen molar-refractivity contribution in [1.82, 2.24) is 5.32 Å². The fourth-order valence-electron chi connectivity index (χ4n) is 1.46. The Hall–Kier alpha value is -0.570. The van der Waals surface area contributed by atoms with E-state index in [4.69, 9.17) is 5.11 Å². The molecule has 0 heterocycles. The number of carbonyl (C=O) groups is 1. The predicted octanol–water partition coefficient (Wildman–Crippen LogP) is 1.95. The summed E-state index contributed by atoms with van der Waals surface area (Å²) in [6.07, 6.45) is 2.62. The summed E-state index contributed by atoms with van der Waals surface area (Å²) in [4.78, 5) is 11.7. The van der Waals surface area contributed by atoms with E-state index in [1.807, 2.05) is 13.8 Å². The Morgan fingerprint density at radius 3 is 2.40 bits per heavy atom. The first kappa shape index (κ1) is 14.4. The van der Waals surface area contributed by atoms with Crippen LogP contribution in [-0.2, 0) is 4.79 Å². The summed E-state index contributed by atoms with van der Waals surface area (Å²) in [6.45, 7) is 8.35. The van der Waals surface area contributed by atoms with E-state index in [2.05, 4.69) is 19.2 Å². The minimum atomic E-state index is 0.0755. The predicted molar refractivity (Wildman–Crippen MR) is 62.5 cm³/mol. The number of aliphatic hydroxyl groups is 1. The first-order chi connectivity index (χ1) is 7.02. The van der Waals surface area contributed by atoms with E-state index in [-0.39, 0.29) is 24.5 Å². The van der Waals surface area contributed by atoms with Crippen molar-refractivity contribution in [3.8, 4) is 0 Å². The van der Waals surface area contributed by atoms with Gasteiger partial charge in [0.05, 0.1) is 0 Å². The summed E-state index contributed by atoms with van der Waals surface area (Å²) >= 11 is 0. The van der Waals surface area contributed by atoms with Crippen molar-refractivity contribution in [2.45, 2.75) is 53.0 Å². The molecule has 0 saturated heterocycles. The zero-order valence-electron chi connectivity index (χ0n) is 10.4. The van der Waals surface area contributed by atoms with Gasteiger partial charge in [-0.2, -0.15) is 0 Å². The second-order valence-corrected chi connectivity index (χ2v) is 4.45. The number of hydrogen-bond acceptors (Lipinski definition) is 2. The van der Waals surface area contributed by atoms with Crippen LogP contribution in [0, 0.1) is 11.8 Å². The number of carbonyl (C=O) groups excluding carboxylic acids is 1. The number of aliphatic hydroxyl groups excluding tert-OH is 1. The third kappa shape index (κ3) is 5.78. The number of hydrogen-bond donors (Lipinski definition) is 2. The van der Waals surface area contributed by atoms with E-state index in [0.29, 0.717) is 5.92 Å². The summed E-state index contributed by atoms with van der Waals surface area (Å²) in [5, 5.41) is 11.7. The van der Waals surface area contributed by atoms with Crippen molar-refractivity contribution >= 4 is 5.91 Å². The van der Waals surface area contributed by atoms with Gasteiger partial charge in [-0.25, -0.2) is 0 Å².